The molecule has 0 aliphatic carbocycles. The van der Waals surface area contributed by atoms with Gasteiger partial charge in [0.25, 0.3) is 0 Å². The maximum absolute atomic E-state index is 11.7. The van der Waals surface area contributed by atoms with Crippen molar-refractivity contribution in [3.8, 4) is 0 Å². The van der Waals surface area contributed by atoms with Gasteiger partial charge >= 0.3 is 0 Å². The Balaban J connectivity index is 2.89. The van der Waals surface area contributed by atoms with Gasteiger partial charge < -0.3 is 4.57 Å². The molecular formula is C11H15O2P. The Bertz CT molecular complexity index is 373. The first kappa shape index (κ1) is 11.2. The van der Waals surface area contributed by atoms with E-state index in [-0.39, 0.29) is 5.78 Å². The fourth-order valence-electron chi connectivity index (χ4n) is 1.26. The van der Waals surface area contributed by atoms with E-state index in [4.69, 9.17) is 0 Å². The van der Waals surface area contributed by atoms with Gasteiger partial charge in [-0.1, -0.05) is 24.3 Å². The quantitative estimate of drug-likeness (QED) is 0.715. The van der Waals surface area contributed by atoms with Crippen LogP contribution in [-0.2, 0) is 15.8 Å². The summed E-state index contributed by atoms with van der Waals surface area (Å²) in [6, 6.07) is 7.44. The Hall–Kier alpha value is -0.880. The third-order valence-corrected chi connectivity index (χ3v) is 3.55. The van der Waals surface area contributed by atoms with Gasteiger partial charge in [0.1, 0.15) is 12.9 Å². The van der Waals surface area contributed by atoms with E-state index in [1.807, 2.05) is 24.3 Å². The van der Waals surface area contributed by atoms with Crippen LogP contribution in [0.1, 0.15) is 12.5 Å². The topological polar surface area (TPSA) is 34.1 Å². The van der Waals surface area contributed by atoms with Crippen LogP contribution in [0.2, 0.25) is 0 Å². The normalized spacial score (nSPS) is 11.4. The second-order valence-electron chi connectivity index (χ2n) is 3.90. The van der Waals surface area contributed by atoms with Crippen LogP contribution < -0.4 is 5.30 Å². The molecule has 14 heavy (non-hydrogen) atoms. The molecule has 0 unspecified atom stereocenters. The molecule has 0 fully saturated rings. The SMILES string of the molecule is CC(=O)Cc1ccc(P(C)(C)=O)cc1. The maximum Gasteiger partial charge on any atom is 0.134 e. The van der Waals surface area contributed by atoms with Gasteiger partial charge in [0.05, 0.1) is 0 Å². The lowest BCUT2D eigenvalue weighted by Gasteiger charge is -2.07. The van der Waals surface area contributed by atoms with Gasteiger partial charge in [0.2, 0.25) is 0 Å². The van der Waals surface area contributed by atoms with Crippen molar-refractivity contribution in [3.63, 3.8) is 0 Å². The monoisotopic (exact) mass is 210 g/mol. The lowest BCUT2D eigenvalue weighted by Crippen LogP contribution is -2.04. The zero-order valence-electron chi connectivity index (χ0n) is 8.78. The summed E-state index contributed by atoms with van der Waals surface area (Å²) in [7, 11) is -2.16. The van der Waals surface area contributed by atoms with Gasteiger partial charge in [0, 0.05) is 11.7 Å². The molecule has 1 aromatic carbocycles. The van der Waals surface area contributed by atoms with Gasteiger partial charge in [-0.25, -0.2) is 0 Å². The van der Waals surface area contributed by atoms with Gasteiger partial charge in [0.15, 0.2) is 0 Å². The molecule has 0 heterocycles. The molecule has 0 aliphatic rings. The minimum Gasteiger partial charge on any atom is -0.319 e. The van der Waals surface area contributed by atoms with Crippen molar-refractivity contribution >= 4 is 18.2 Å². The van der Waals surface area contributed by atoms with E-state index in [9.17, 15) is 9.36 Å². The number of carbonyl (C=O) groups is 1. The average molecular weight is 210 g/mol. The highest BCUT2D eigenvalue weighted by Crippen LogP contribution is 2.34. The second kappa shape index (κ2) is 4.10. The zero-order chi connectivity index (χ0) is 10.8. The van der Waals surface area contributed by atoms with Gasteiger partial charge in [-0.3, -0.25) is 4.79 Å². The number of Topliss-reactive ketones (excluding diaryl/α,β-unsaturated/α-hetero) is 1. The first-order chi connectivity index (χ1) is 6.39. The van der Waals surface area contributed by atoms with Crippen molar-refractivity contribution < 1.29 is 9.36 Å². The summed E-state index contributed by atoms with van der Waals surface area (Å²) in [6.07, 6.45) is 0.456. The lowest BCUT2D eigenvalue weighted by atomic mass is 10.1. The fraction of sp³-hybridized carbons (Fsp3) is 0.364. The molecule has 0 amide bonds. The van der Waals surface area contributed by atoms with E-state index in [1.165, 1.54) is 0 Å². The molecule has 0 radical (unpaired) electrons. The largest absolute Gasteiger partial charge is 0.319 e. The number of benzene rings is 1. The number of carbonyl (C=O) groups excluding carboxylic acids is 1. The molecule has 0 atom stereocenters. The molecule has 0 bridgehead atoms. The highest BCUT2D eigenvalue weighted by molar-refractivity contribution is 7.70. The molecule has 0 N–H and O–H groups in total. The van der Waals surface area contributed by atoms with Crippen LogP contribution in [0.3, 0.4) is 0 Å². The summed E-state index contributed by atoms with van der Waals surface area (Å²) < 4.78 is 11.7. The molecule has 3 heteroatoms. The average Bonchev–Trinajstić information content (AvgIpc) is 2.02. The van der Waals surface area contributed by atoms with Crippen LogP contribution in [0.4, 0.5) is 0 Å². The van der Waals surface area contributed by atoms with E-state index < -0.39 is 7.14 Å². The minimum absolute atomic E-state index is 0.147. The van der Waals surface area contributed by atoms with Crippen molar-refractivity contribution in [3.05, 3.63) is 29.8 Å². The summed E-state index contributed by atoms with van der Waals surface area (Å²) in [5.41, 5.74) is 0.981. The summed E-state index contributed by atoms with van der Waals surface area (Å²) in [5.74, 6) is 0.147. The van der Waals surface area contributed by atoms with E-state index >= 15 is 0 Å². The van der Waals surface area contributed by atoms with Crippen molar-refractivity contribution in [2.75, 3.05) is 13.3 Å². The summed E-state index contributed by atoms with van der Waals surface area (Å²) in [4.78, 5) is 10.8. The molecule has 0 saturated carbocycles. The van der Waals surface area contributed by atoms with Crippen LogP contribution in [0, 0.1) is 0 Å². The maximum atomic E-state index is 11.7. The Morgan fingerprint density at radius 1 is 1.21 bits per heavy atom. The van der Waals surface area contributed by atoms with Crippen LogP contribution in [0.25, 0.3) is 0 Å². The summed E-state index contributed by atoms with van der Waals surface area (Å²) in [6.45, 7) is 5.05. The predicted octanol–water partition coefficient (Wildman–Crippen LogP) is 2.07. The van der Waals surface area contributed by atoms with E-state index in [2.05, 4.69) is 0 Å². The molecular weight excluding hydrogens is 195 g/mol. The van der Waals surface area contributed by atoms with E-state index in [0.717, 1.165) is 10.9 Å². The second-order valence-corrected chi connectivity index (χ2v) is 7.11. The number of rotatable bonds is 3. The van der Waals surface area contributed by atoms with Crippen LogP contribution >= 0.6 is 7.14 Å². The number of hydrogen-bond acceptors (Lipinski definition) is 2. The Kier molecular flexibility index (Phi) is 3.28. The van der Waals surface area contributed by atoms with Crippen LogP contribution in [-0.4, -0.2) is 19.1 Å². The fourth-order valence-corrected chi connectivity index (χ4v) is 2.13. The van der Waals surface area contributed by atoms with Gasteiger partial charge in [-0.05, 0) is 25.8 Å². The molecule has 1 aromatic rings. The third kappa shape index (κ3) is 3.12. The van der Waals surface area contributed by atoms with Crippen molar-refractivity contribution in [1.29, 1.82) is 0 Å². The smallest absolute Gasteiger partial charge is 0.134 e. The zero-order valence-corrected chi connectivity index (χ0v) is 9.67. The van der Waals surface area contributed by atoms with E-state index in [1.54, 1.807) is 20.3 Å². The summed E-state index contributed by atoms with van der Waals surface area (Å²) in [5, 5.41) is 0.866. The number of ketones is 1. The van der Waals surface area contributed by atoms with E-state index in [0.29, 0.717) is 6.42 Å². The molecule has 2 nitrogen and oxygen atoms in total. The molecule has 0 aromatic heterocycles. The molecule has 76 valence electrons. The highest BCUT2D eigenvalue weighted by atomic mass is 31.2. The van der Waals surface area contributed by atoms with Crippen LogP contribution in [0.15, 0.2) is 24.3 Å². The minimum atomic E-state index is -2.16. The molecule has 0 spiro atoms. The Morgan fingerprint density at radius 2 is 1.71 bits per heavy atom. The van der Waals surface area contributed by atoms with Crippen molar-refractivity contribution in [2.24, 2.45) is 0 Å². The third-order valence-electron chi connectivity index (χ3n) is 2.01. The van der Waals surface area contributed by atoms with Gasteiger partial charge in [-0.15, -0.1) is 0 Å². The molecule has 0 aliphatic heterocycles. The Labute approximate surface area is 84.7 Å². The van der Waals surface area contributed by atoms with Crippen molar-refractivity contribution in [1.82, 2.24) is 0 Å². The summed E-state index contributed by atoms with van der Waals surface area (Å²) >= 11 is 0. The lowest BCUT2D eigenvalue weighted by molar-refractivity contribution is -0.116. The highest BCUT2D eigenvalue weighted by Gasteiger charge is 2.10. The van der Waals surface area contributed by atoms with Crippen molar-refractivity contribution in [2.45, 2.75) is 13.3 Å². The predicted molar refractivity (Wildman–Crippen MR) is 59.9 cm³/mol. The van der Waals surface area contributed by atoms with Gasteiger partial charge in [-0.2, -0.15) is 0 Å². The first-order valence-electron chi connectivity index (χ1n) is 4.53. The standard InChI is InChI=1S/C11H15O2P/c1-9(12)8-10-4-6-11(7-5-10)14(2,3)13/h4-7H,8H2,1-3H3. The molecule has 0 saturated heterocycles. The first-order valence-corrected chi connectivity index (χ1v) is 7.13. The van der Waals surface area contributed by atoms with Crippen LogP contribution in [0.5, 0.6) is 0 Å². The Morgan fingerprint density at radius 3 is 2.07 bits per heavy atom. The molecule has 1 rings (SSSR count). The number of hydrogen-bond donors (Lipinski definition) is 0.